The summed E-state index contributed by atoms with van der Waals surface area (Å²) in [6, 6.07) is 16.8. The molecule has 0 saturated carbocycles. The molecule has 2 N–H and O–H groups in total. The molecule has 0 unspecified atom stereocenters. The van der Waals surface area contributed by atoms with Crippen molar-refractivity contribution >= 4 is 11.0 Å². The molecule has 0 aliphatic heterocycles. The standard InChI is InChI=1S/C18H21N3/c1-13(2)18-20-16-5-3-4-6-17(16)21(18)12-15-9-7-14(11-19)8-10-15/h3-10,13H,11-12,19H2,1-2H3. The second-order valence-electron chi connectivity index (χ2n) is 5.72. The maximum Gasteiger partial charge on any atom is 0.112 e. The lowest BCUT2D eigenvalue weighted by atomic mass is 10.1. The van der Waals surface area contributed by atoms with E-state index in [0.717, 1.165) is 17.9 Å². The lowest BCUT2D eigenvalue weighted by Crippen LogP contribution is -2.07. The van der Waals surface area contributed by atoms with E-state index in [1.807, 2.05) is 6.07 Å². The number of hydrogen-bond acceptors (Lipinski definition) is 2. The number of nitrogens with zero attached hydrogens (tertiary/aromatic N) is 2. The number of benzene rings is 2. The molecule has 3 aromatic rings. The van der Waals surface area contributed by atoms with Crippen molar-refractivity contribution in [2.24, 2.45) is 5.73 Å². The number of nitrogens with two attached hydrogens (primary N) is 1. The highest BCUT2D eigenvalue weighted by atomic mass is 15.1. The lowest BCUT2D eigenvalue weighted by Gasteiger charge is -2.12. The van der Waals surface area contributed by atoms with Crippen molar-refractivity contribution in [1.82, 2.24) is 9.55 Å². The van der Waals surface area contributed by atoms with Gasteiger partial charge in [0.25, 0.3) is 0 Å². The zero-order valence-electron chi connectivity index (χ0n) is 12.6. The van der Waals surface area contributed by atoms with Crippen LogP contribution in [0.2, 0.25) is 0 Å². The van der Waals surface area contributed by atoms with Crippen LogP contribution in [0.3, 0.4) is 0 Å². The molecule has 108 valence electrons. The molecule has 0 aliphatic rings. The molecule has 3 rings (SSSR count). The maximum absolute atomic E-state index is 5.66. The van der Waals surface area contributed by atoms with Gasteiger partial charge in [-0.25, -0.2) is 4.98 Å². The summed E-state index contributed by atoms with van der Waals surface area (Å²) in [6.45, 7) is 5.81. The Balaban J connectivity index is 2.03. The first-order chi connectivity index (χ1) is 10.2. The summed E-state index contributed by atoms with van der Waals surface area (Å²) in [7, 11) is 0. The van der Waals surface area contributed by atoms with Gasteiger partial charge >= 0.3 is 0 Å². The summed E-state index contributed by atoms with van der Waals surface area (Å²) in [6.07, 6.45) is 0. The Hall–Kier alpha value is -2.13. The molecule has 1 heterocycles. The minimum Gasteiger partial charge on any atom is -0.326 e. The van der Waals surface area contributed by atoms with Gasteiger partial charge in [0.05, 0.1) is 11.0 Å². The third-order valence-electron chi connectivity index (χ3n) is 3.80. The van der Waals surface area contributed by atoms with Gasteiger partial charge in [-0.2, -0.15) is 0 Å². The molecule has 3 heteroatoms. The Labute approximate surface area is 125 Å². The first kappa shape index (κ1) is 13.8. The molecular weight excluding hydrogens is 258 g/mol. The van der Waals surface area contributed by atoms with Crippen molar-refractivity contribution in [2.75, 3.05) is 0 Å². The first-order valence-corrected chi connectivity index (χ1v) is 7.42. The predicted octanol–water partition coefficient (Wildman–Crippen LogP) is 3.67. The monoisotopic (exact) mass is 279 g/mol. The van der Waals surface area contributed by atoms with Gasteiger partial charge in [0.2, 0.25) is 0 Å². The highest BCUT2D eigenvalue weighted by Crippen LogP contribution is 2.23. The normalized spacial score (nSPS) is 11.4. The molecular formula is C18H21N3. The van der Waals surface area contributed by atoms with Gasteiger partial charge in [-0.05, 0) is 23.3 Å². The zero-order valence-corrected chi connectivity index (χ0v) is 12.6. The quantitative estimate of drug-likeness (QED) is 0.792. The van der Waals surface area contributed by atoms with Crippen molar-refractivity contribution in [3.8, 4) is 0 Å². The number of rotatable bonds is 4. The van der Waals surface area contributed by atoms with Gasteiger partial charge in [-0.3, -0.25) is 0 Å². The molecule has 0 fully saturated rings. The van der Waals surface area contributed by atoms with Crippen molar-refractivity contribution < 1.29 is 0 Å². The van der Waals surface area contributed by atoms with E-state index in [1.54, 1.807) is 0 Å². The molecule has 0 spiro atoms. The molecule has 0 saturated heterocycles. The van der Waals surface area contributed by atoms with E-state index >= 15 is 0 Å². The zero-order chi connectivity index (χ0) is 14.8. The van der Waals surface area contributed by atoms with Crippen LogP contribution in [0.4, 0.5) is 0 Å². The van der Waals surface area contributed by atoms with Crippen molar-refractivity contribution in [2.45, 2.75) is 32.9 Å². The lowest BCUT2D eigenvalue weighted by molar-refractivity contribution is 0.683. The summed E-state index contributed by atoms with van der Waals surface area (Å²) < 4.78 is 2.32. The van der Waals surface area contributed by atoms with Crippen LogP contribution in [0, 0.1) is 0 Å². The Morgan fingerprint density at radius 3 is 2.33 bits per heavy atom. The van der Waals surface area contributed by atoms with Crippen molar-refractivity contribution in [1.29, 1.82) is 0 Å². The molecule has 1 aromatic heterocycles. The summed E-state index contributed by atoms with van der Waals surface area (Å²) in [5.74, 6) is 1.54. The minimum absolute atomic E-state index is 0.403. The van der Waals surface area contributed by atoms with E-state index in [2.05, 4.69) is 60.9 Å². The summed E-state index contributed by atoms with van der Waals surface area (Å²) in [4.78, 5) is 4.79. The second-order valence-corrected chi connectivity index (χ2v) is 5.72. The number of para-hydroxylation sites is 2. The Bertz CT molecular complexity index is 739. The molecule has 3 nitrogen and oxygen atoms in total. The maximum atomic E-state index is 5.66. The van der Waals surface area contributed by atoms with Crippen LogP contribution in [0.15, 0.2) is 48.5 Å². The Kier molecular flexibility index (Phi) is 3.76. The van der Waals surface area contributed by atoms with E-state index in [4.69, 9.17) is 10.7 Å². The Morgan fingerprint density at radius 1 is 1.00 bits per heavy atom. The minimum atomic E-state index is 0.403. The molecule has 2 aromatic carbocycles. The Morgan fingerprint density at radius 2 is 1.67 bits per heavy atom. The van der Waals surface area contributed by atoms with Crippen molar-refractivity contribution in [3.05, 3.63) is 65.5 Å². The van der Waals surface area contributed by atoms with E-state index in [1.165, 1.54) is 16.6 Å². The molecule has 0 atom stereocenters. The van der Waals surface area contributed by atoms with Gasteiger partial charge in [0.15, 0.2) is 0 Å². The van der Waals surface area contributed by atoms with Gasteiger partial charge in [-0.1, -0.05) is 50.2 Å². The van der Waals surface area contributed by atoms with Gasteiger partial charge in [0, 0.05) is 19.0 Å². The molecule has 0 radical (unpaired) electrons. The van der Waals surface area contributed by atoms with Crippen LogP contribution in [0.25, 0.3) is 11.0 Å². The van der Waals surface area contributed by atoms with Crippen LogP contribution < -0.4 is 5.73 Å². The summed E-state index contributed by atoms with van der Waals surface area (Å²) in [5.41, 5.74) is 10.4. The summed E-state index contributed by atoms with van der Waals surface area (Å²) in [5, 5.41) is 0. The summed E-state index contributed by atoms with van der Waals surface area (Å²) >= 11 is 0. The number of hydrogen-bond donors (Lipinski definition) is 1. The number of imidazole rings is 1. The van der Waals surface area contributed by atoms with Gasteiger partial charge in [-0.15, -0.1) is 0 Å². The van der Waals surface area contributed by atoms with E-state index < -0.39 is 0 Å². The third kappa shape index (κ3) is 2.69. The average molecular weight is 279 g/mol. The largest absolute Gasteiger partial charge is 0.326 e. The van der Waals surface area contributed by atoms with Crippen LogP contribution in [0.1, 0.15) is 36.7 Å². The molecule has 0 amide bonds. The van der Waals surface area contributed by atoms with Crippen molar-refractivity contribution in [3.63, 3.8) is 0 Å². The highest BCUT2D eigenvalue weighted by molar-refractivity contribution is 5.76. The van der Waals surface area contributed by atoms with Gasteiger partial charge in [0.1, 0.15) is 5.82 Å². The third-order valence-corrected chi connectivity index (χ3v) is 3.80. The fraction of sp³-hybridized carbons (Fsp3) is 0.278. The fourth-order valence-electron chi connectivity index (χ4n) is 2.66. The van der Waals surface area contributed by atoms with Crippen LogP contribution >= 0.6 is 0 Å². The fourth-order valence-corrected chi connectivity index (χ4v) is 2.66. The van der Waals surface area contributed by atoms with Crippen LogP contribution in [0.5, 0.6) is 0 Å². The topological polar surface area (TPSA) is 43.8 Å². The first-order valence-electron chi connectivity index (χ1n) is 7.42. The highest BCUT2D eigenvalue weighted by Gasteiger charge is 2.13. The molecule has 0 bridgehead atoms. The number of fused-ring (bicyclic) bond motifs is 1. The van der Waals surface area contributed by atoms with E-state index in [9.17, 15) is 0 Å². The second kappa shape index (κ2) is 5.70. The number of aromatic nitrogens is 2. The van der Waals surface area contributed by atoms with Gasteiger partial charge < -0.3 is 10.3 Å². The smallest absolute Gasteiger partial charge is 0.112 e. The van der Waals surface area contributed by atoms with E-state index in [0.29, 0.717) is 12.5 Å². The van der Waals surface area contributed by atoms with Crippen LogP contribution in [-0.2, 0) is 13.1 Å². The average Bonchev–Trinajstić information content (AvgIpc) is 2.87. The molecule has 0 aliphatic carbocycles. The molecule has 21 heavy (non-hydrogen) atoms. The van der Waals surface area contributed by atoms with E-state index in [-0.39, 0.29) is 0 Å². The predicted molar refractivity (Wildman–Crippen MR) is 87.3 cm³/mol. The van der Waals surface area contributed by atoms with Crippen LogP contribution in [-0.4, -0.2) is 9.55 Å². The SMILES string of the molecule is CC(C)c1nc2ccccc2n1Cc1ccc(CN)cc1.